The van der Waals surface area contributed by atoms with Crippen LogP contribution < -0.4 is 0 Å². The normalized spacial score (nSPS) is 12.6. The third-order valence-corrected chi connectivity index (χ3v) is 2.00. The first kappa shape index (κ1) is 9.76. The molecule has 1 aromatic heterocycles. The summed E-state index contributed by atoms with van der Waals surface area (Å²) in [4.78, 5) is 4.24. The molecule has 13 heavy (non-hydrogen) atoms. The van der Waals surface area contributed by atoms with Crippen LogP contribution in [0.1, 0.15) is 31.5 Å². The zero-order chi connectivity index (χ0) is 9.68. The van der Waals surface area contributed by atoms with Crippen molar-refractivity contribution in [2.75, 3.05) is 0 Å². The molecule has 0 bridgehead atoms. The van der Waals surface area contributed by atoms with Crippen molar-refractivity contribution in [1.29, 1.82) is 0 Å². The number of pyridine rings is 1. The summed E-state index contributed by atoms with van der Waals surface area (Å²) in [5, 5.41) is 0. The first-order chi connectivity index (χ1) is 6.42. The Bertz CT molecular complexity index is 333. The van der Waals surface area contributed by atoms with Gasteiger partial charge in [0.1, 0.15) is 0 Å². The highest BCUT2D eigenvalue weighted by molar-refractivity contribution is 5.70. The van der Waals surface area contributed by atoms with Gasteiger partial charge in [0.05, 0.1) is 0 Å². The van der Waals surface area contributed by atoms with Gasteiger partial charge in [-0.2, -0.15) is 0 Å². The second kappa shape index (κ2) is 4.64. The summed E-state index contributed by atoms with van der Waals surface area (Å²) < 4.78 is 0. The molecule has 0 saturated heterocycles. The van der Waals surface area contributed by atoms with Crippen LogP contribution in [-0.4, -0.2) is 4.98 Å². The summed E-state index contributed by atoms with van der Waals surface area (Å²) in [7, 11) is 0. The van der Waals surface area contributed by atoms with Crippen LogP contribution in [0.25, 0.3) is 5.57 Å². The van der Waals surface area contributed by atoms with Gasteiger partial charge in [0.15, 0.2) is 0 Å². The van der Waals surface area contributed by atoms with E-state index in [9.17, 15) is 0 Å². The van der Waals surface area contributed by atoms with E-state index in [1.165, 1.54) is 5.56 Å². The van der Waals surface area contributed by atoms with Gasteiger partial charge in [-0.25, -0.2) is 0 Å². The highest BCUT2D eigenvalue weighted by atomic mass is 14.7. The molecule has 0 fully saturated rings. The van der Waals surface area contributed by atoms with Crippen molar-refractivity contribution in [2.45, 2.75) is 26.7 Å². The van der Waals surface area contributed by atoms with Gasteiger partial charge in [0, 0.05) is 23.0 Å². The lowest BCUT2D eigenvalue weighted by Gasteiger charge is -1.94. The van der Waals surface area contributed by atoms with Gasteiger partial charge < -0.3 is 0 Å². The predicted molar refractivity (Wildman–Crippen MR) is 55.1 cm³/mol. The molecule has 0 unspecified atom stereocenters. The third kappa shape index (κ3) is 1.88. The van der Waals surface area contributed by atoms with Crippen molar-refractivity contribution in [2.24, 2.45) is 0 Å². The highest BCUT2D eigenvalue weighted by Gasteiger charge is 2.15. The number of hydrogen-bond donors (Lipinski definition) is 0. The number of aromatic nitrogens is 1. The Balaban J connectivity index is 0.000000396. The molecule has 0 atom stereocenters. The zero-order valence-electron chi connectivity index (χ0n) is 8.17. The number of allylic oxidation sites excluding steroid dienone is 1. The van der Waals surface area contributed by atoms with Crippen LogP contribution in [-0.2, 0) is 6.42 Å². The molecule has 1 radical (unpaired) electrons. The zero-order valence-corrected chi connectivity index (χ0v) is 8.17. The number of nitrogens with zero attached hydrogens (tertiary/aromatic N) is 1. The van der Waals surface area contributed by atoms with E-state index in [1.807, 2.05) is 32.2 Å². The second-order valence-electron chi connectivity index (χ2n) is 2.62. The fourth-order valence-electron chi connectivity index (χ4n) is 1.44. The van der Waals surface area contributed by atoms with Gasteiger partial charge in [-0.15, -0.1) is 5.73 Å². The minimum Gasteiger partial charge on any atom is -0.261 e. The van der Waals surface area contributed by atoms with E-state index in [-0.39, 0.29) is 0 Å². The summed E-state index contributed by atoms with van der Waals surface area (Å²) in [6.07, 6.45) is 3.82. The Morgan fingerprint density at radius 3 is 2.85 bits per heavy atom. The fourth-order valence-corrected chi connectivity index (χ4v) is 1.44. The average Bonchev–Trinajstić information content (AvgIpc) is 2.64. The predicted octanol–water partition coefficient (Wildman–Crippen LogP) is 3.03. The summed E-state index contributed by atoms with van der Waals surface area (Å²) >= 11 is 0. The molecule has 0 aliphatic heterocycles. The van der Waals surface area contributed by atoms with Crippen molar-refractivity contribution in [3.8, 4) is 0 Å². The van der Waals surface area contributed by atoms with Gasteiger partial charge in [-0.05, 0) is 25.5 Å². The molecule has 1 aromatic rings. The molecule has 1 aliphatic carbocycles. The third-order valence-electron chi connectivity index (χ3n) is 2.00. The lowest BCUT2D eigenvalue weighted by atomic mass is 10.1. The van der Waals surface area contributed by atoms with Gasteiger partial charge >= 0.3 is 0 Å². The van der Waals surface area contributed by atoms with Crippen LogP contribution in [0.15, 0.2) is 24.1 Å². The number of aryl methyl sites for hydroxylation is 1. The van der Waals surface area contributed by atoms with Crippen molar-refractivity contribution in [3.63, 3.8) is 0 Å². The molecular formula is C12H14N. The van der Waals surface area contributed by atoms with E-state index < -0.39 is 0 Å². The molecule has 0 N–H and O–H groups in total. The smallest absolute Gasteiger partial charge is 0.0488 e. The maximum absolute atomic E-state index is 5.33. The van der Waals surface area contributed by atoms with Crippen molar-refractivity contribution >= 4 is 5.57 Å². The monoisotopic (exact) mass is 172 g/mol. The highest BCUT2D eigenvalue weighted by Crippen LogP contribution is 2.28. The van der Waals surface area contributed by atoms with Crippen LogP contribution in [0.3, 0.4) is 0 Å². The van der Waals surface area contributed by atoms with Gasteiger partial charge in [0.2, 0.25) is 0 Å². The minimum absolute atomic E-state index is 0.989. The quantitative estimate of drug-likeness (QED) is 0.548. The SMILES string of the molecule is CC.[CH]=C=C1CCc2ncccc21. The van der Waals surface area contributed by atoms with Crippen molar-refractivity contribution < 1.29 is 0 Å². The van der Waals surface area contributed by atoms with Crippen LogP contribution >= 0.6 is 0 Å². The summed E-state index contributed by atoms with van der Waals surface area (Å²) in [6, 6.07) is 3.98. The minimum atomic E-state index is 0.989. The maximum atomic E-state index is 5.33. The Hall–Kier alpha value is -1.33. The summed E-state index contributed by atoms with van der Waals surface area (Å²) in [5.41, 5.74) is 6.13. The molecule has 1 nitrogen and oxygen atoms in total. The second-order valence-corrected chi connectivity index (χ2v) is 2.62. The first-order valence-electron chi connectivity index (χ1n) is 4.68. The Kier molecular flexibility index (Phi) is 3.48. The molecule has 1 heterocycles. The molecule has 0 amide bonds. The molecule has 0 aromatic carbocycles. The van der Waals surface area contributed by atoms with E-state index in [0.29, 0.717) is 0 Å². The van der Waals surface area contributed by atoms with E-state index in [1.54, 1.807) is 0 Å². The summed E-state index contributed by atoms with van der Waals surface area (Å²) in [5.74, 6) is 0. The standard InChI is InChI=1S/C10H8N.C2H6/c1-2-8-5-6-10-9(8)4-3-7-11-10;1-2/h1,3-4,7H,5-6H2;1-2H3. The number of hydrogen-bond acceptors (Lipinski definition) is 1. The van der Waals surface area contributed by atoms with Gasteiger partial charge in [-0.3, -0.25) is 4.98 Å². The molecular weight excluding hydrogens is 158 g/mol. The summed E-state index contributed by atoms with van der Waals surface area (Å²) in [6.45, 7) is 9.33. The van der Waals surface area contributed by atoms with Crippen molar-refractivity contribution in [3.05, 3.63) is 41.9 Å². The molecule has 1 heteroatoms. The first-order valence-corrected chi connectivity index (χ1v) is 4.68. The Morgan fingerprint density at radius 1 is 1.38 bits per heavy atom. The van der Waals surface area contributed by atoms with E-state index in [2.05, 4.69) is 10.7 Å². The van der Waals surface area contributed by atoms with Crippen LogP contribution in [0.2, 0.25) is 0 Å². The van der Waals surface area contributed by atoms with E-state index in [0.717, 1.165) is 24.1 Å². The largest absolute Gasteiger partial charge is 0.261 e. The van der Waals surface area contributed by atoms with E-state index >= 15 is 0 Å². The molecule has 67 valence electrons. The van der Waals surface area contributed by atoms with Crippen molar-refractivity contribution in [1.82, 2.24) is 4.98 Å². The van der Waals surface area contributed by atoms with Gasteiger partial charge in [-0.1, -0.05) is 19.9 Å². The van der Waals surface area contributed by atoms with E-state index in [4.69, 9.17) is 6.58 Å². The average molecular weight is 172 g/mol. The Morgan fingerprint density at radius 2 is 2.15 bits per heavy atom. The fraction of sp³-hybridized carbons (Fsp3) is 0.333. The molecule has 1 aliphatic rings. The lowest BCUT2D eigenvalue weighted by molar-refractivity contribution is 1.01. The van der Waals surface area contributed by atoms with Gasteiger partial charge in [0.25, 0.3) is 0 Å². The van der Waals surface area contributed by atoms with Crippen LogP contribution in [0.4, 0.5) is 0 Å². The van der Waals surface area contributed by atoms with Crippen LogP contribution in [0.5, 0.6) is 0 Å². The topological polar surface area (TPSA) is 12.9 Å². The number of rotatable bonds is 0. The maximum Gasteiger partial charge on any atom is 0.0488 e. The molecule has 2 rings (SSSR count). The molecule has 0 spiro atoms. The number of fused-ring (bicyclic) bond motifs is 1. The van der Waals surface area contributed by atoms with Crippen LogP contribution in [0, 0.1) is 6.58 Å². The molecule has 0 saturated carbocycles. The lowest BCUT2D eigenvalue weighted by Crippen LogP contribution is -1.83. The Labute approximate surface area is 79.8 Å².